The number of aromatic nitrogens is 2. The molecule has 0 radical (unpaired) electrons. The minimum absolute atomic E-state index is 0.797. The summed E-state index contributed by atoms with van der Waals surface area (Å²) in [7, 11) is 1.90. The van der Waals surface area contributed by atoms with E-state index in [4.69, 9.17) is 6.42 Å². The Labute approximate surface area is 60.9 Å². The quantitative estimate of drug-likeness (QED) is 0.551. The van der Waals surface area contributed by atoms with Crippen LogP contribution in [0.3, 0.4) is 0 Å². The number of rotatable bonds is 2. The third kappa shape index (κ3) is 1.63. The summed E-state index contributed by atoms with van der Waals surface area (Å²) in [5, 5.41) is 4.02. The fraction of sp³-hybridized carbons (Fsp3) is 0.375. The Morgan fingerprint density at radius 2 is 2.60 bits per heavy atom. The van der Waals surface area contributed by atoms with Crippen molar-refractivity contribution in [3.05, 3.63) is 18.0 Å². The first-order valence-electron chi connectivity index (χ1n) is 3.24. The second kappa shape index (κ2) is 3.07. The van der Waals surface area contributed by atoms with Crippen molar-refractivity contribution in [2.75, 3.05) is 0 Å². The van der Waals surface area contributed by atoms with Crippen molar-refractivity contribution in [2.24, 2.45) is 7.05 Å². The number of aryl methyl sites for hydroxylation is 2. The highest BCUT2D eigenvalue weighted by molar-refractivity contribution is 5.05. The van der Waals surface area contributed by atoms with Crippen molar-refractivity contribution in [1.29, 1.82) is 0 Å². The van der Waals surface area contributed by atoms with E-state index >= 15 is 0 Å². The average molecular weight is 134 g/mol. The van der Waals surface area contributed by atoms with Gasteiger partial charge in [0.05, 0.1) is 6.20 Å². The van der Waals surface area contributed by atoms with Crippen LogP contribution in [0.15, 0.2) is 12.4 Å². The number of nitrogens with zero attached hydrogens (tertiary/aromatic N) is 2. The molecule has 0 amide bonds. The molecule has 0 spiro atoms. The highest BCUT2D eigenvalue weighted by Crippen LogP contribution is 1.98. The molecule has 2 heteroatoms. The lowest BCUT2D eigenvalue weighted by Gasteiger charge is -1.86. The Bertz CT molecular complexity index is 242. The molecule has 1 aromatic heterocycles. The Hall–Kier alpha value is -1.23. The summed E-state index contributed by atoms with van der Waals surface area (Å²) in [5.74, 6) is 2.59. The summed E-state index contributed by atoms with van der Waals surface area (Å²) < 4.78 is 1.78. The first-order valence-corrected chi connectivity index (χ1v) is 3.24. The van der Waals surface area contributed by atoms with Gasteiger partial charge < -0.3 is 0 Å². The molecule has 1 rings (SSSR count). The topological polar surface area (TPSA) is 17.8 Å². The Kier molecular flexibility index (Phi) is 2.11. The van der Waals surface area contributed by atoms with Crippen LogP contribution in [0.25, 0.3) is 0 Å². The van der Waals surface area contributed by atoms with Crippen LogP contribution >= 0.6 is 0 Å². The van der Waals surface area contributed by atoms with E-state index in [-0.39, 0.29) is 0 Å². The largest absolute Gasteiger partial charge is 0.276 e. The molecular formula is C8H10N2. The zero-order valence-corrected chi connectivity index (χ0v) is 6.04. The molecule has 0 aliphatic rings. The SMILES string of the molecule is C#CCCc1cnn(C)c1. The fourth-order valence-corrected chi connectivity index (χ4v) is 0.817. The maximum atomic E-state index is 5.11. The lowest BCUT2D eigenvalue weighted by molar-refractivity contribution is 0.766. The highest BCUT2D eigenvalue weighted by Gasteiger charge is 1.92. The van der Waals surface area contributed by atoms with Crippen molar-refractivity contribution in [2.45, 2.75) is 12.8 Å². The summed E-state index contributed by atoms with van der Waals surface area (Å²) >= 11 is 0. The molecule has 0 aromatic carbocycles. The summed E-state index contributed by atoms with van der Waals surface area (Å²) in [6.45, 7) is 0. The summed E-state index contributed by atoms with van der Waals surface area (Å²) in [5.41, 5.74) is 1.21. The van der Waals surface area contributed by atoms with Gasteiger partial charge >= 0.3 is 0 Å². The Morgan fingerprint density at radius 3 is 3.10 bits per heavy atom. The van der Waals surface area contributed by atoms with Crippen LogP contribution in [-0.4, -0.2) is 9.78 Å². The molecule has 0 aliphatic carbocycles. The van der Waals surface area contributed by atoms with Gasteiger partial charge in [-0.05, 0) is 12.0 Å². The molecule has 0 unspecified atom stereocenters. The number of hydrogen-bond acceptors (Lipinski definition) is 1. The van der Waals surface area contributed by atoms with Crippen molar-refractivity contribution in [3.63, 3.8) is 0 Å². The first-order chi connectivity index (χ1) is 4.83. The van der Waals surface area contributed by atoms with Gasteiger partial charge in [-0.1, -0.05) is 0 Å². The van der Waals surface area contributed by atoms with Crippen LogP contribution in [0.1, 0.15) is 12.0 Å². The zero-order valence-electron chi connectivity index (χ0n) is 6.04. The van der Waals surface area contributed by atoms with E-state index in [1.165, 1.54) is 5.56 Å². The van der Waals surface area contributed by atoms with E-state index in [9.17, 15) is 0 Å². The number of hydrogen-bond donors (Lipinski definition) is 0. The summed E-state index contributed by atoms with van der Waals surface area (Å²) in [6, 6.07) is 0. The van der Waals surface area contributed by atoms with Crippen molar-refractivity contribution >= 4 is 0 Å². The fourth-order valence-electron chi connectivity index (χ4n) is 0.817. The third-order valence-corrected chi connectivity index (χ3v) is 1.32. The van der Waals surface area contributed by atoms with Gasteiger partial charge in [0.15, 0.2) is 0 Å². The summed E-state index contributed by atoms with van der Waals surface area (Å²) in [4.78, 5) is 0. The molecule has 52 valence electrons. The molecule has 1 heterocycles. The van der Waals surface area contributed by atoms with Gasteiger partial charge in [-0.2, -0.15) is 5.10 Å². The van der Waals surface area contributed by atoms with Crippen LogP contribution in [0.5, 0.6) is 0 Å². The van der Waals surface area contributed by atoms with Crippen molar-refractivity contribution in [3.8, 4) is 12.3 Å². The number of terminal acetylenes is 1. The van der Waals surface area contributed by atoms with E-state index in [2.05, 4.69) is 11.0 Å². The van der Waals surface area contributed by atoms with Gasteiger partial charge in [-0.25, -0.2) is 0 Å². The second-order valence-electron chi connectivity index (χ2n) is 2.23. The molecule has 0 fully saturated rings. The lowest BCUT2D eigenvalue weighted by Crippen LogP contribution is -1.84. The summed E-state index contributed by atoms with van der Waals surface area (Å²) in [6.07, 6.45) is 10.7. The lowest BCUT2D eigenvalue weighted by atomic mass is 10.2. The molecule has 0 saturated heterocycles. The molecule has 2 nitrogen and oxygen atoms in total. The van der Waals surface area contributed by atoms with Crippen LogP contribution in [0.4, 0.5) is 0 Å². The maximum absolute atomic E-state index is 5.11. The van der Waals surface area contributed by atoms with E-state index in [0.29, 0.717) is 0 Å². The smallest absolute Gasteiger partial charge is 0.0521 e. The second-order valence-corrected chi connectivity index (χ2v) is 2.23. The molecule has 0 atom stereocenters. The third-order valence-electron chi connectivity index (χ3n) is 1.32. The Balaban J connectivity index is 2.52. The monoisotopic (exact) mass is 134 g/mol. The van der Waals surface area contributed by atoms with Gasteiger partial charge in [0.25, 0.3) is 0 Å². The van der Waals surface area contributed by atoms with Crippen LogP contribution in [0.2, 0.25) is 0 Å². The zero-order chi connectivity index (χ0) is 7.40. The van der Waals surface area contributed by atoms with E-state index in [1.54, 1.807) is 4.68 Å². The molecule has 0 N–H and O–H groups in total. The van der Waals surface area contributed by atoms with Gasteiger partial charge in [0.2, 0.25) is 0 Å². The van der Waals surface area contributed by atoms with E-state index < -0.39 is 0 Å². The normalized spacial score (nSPS) is 9.20. The molecule has 0 saturated carbocycles. The predicted octanol–water partition coefficient (Wildman–Crippen LogP) is 0.986. The van der Waals surface area contributed by atoms with Crippen LogP contribution in [-0.2, 0) is 13.5 Å². The first kappa shape index (κ1) is 6.88. The molecule has 1 aromatic rings. The minimum Gasteiger partial charge on any atom is -0.276 e. The van der Waals surface area contributed by atoms with E-state index in [1.807, 2.05) is 19.4 Å². The van der Waals surface area contributed by atoms with Gasteiger partial charge in [-0.3, -0.25) is 4.68 Å². The van der Waals surface area contributed by atoms with Crippen molar-refractivity contribution < 1.29 is 0 Å². The van der Waals surface area contributed by atoms with Crippen LogP contribution < -0.4 is 0 Å². The maximum Gasteiger partial charge on any atom is 0.0521 e. The Morgan fingerprint density at radius 1 is 1.80 bits per heavy atom. The molecule has 0 aliphatic heterocycles. The standard InChI is InChI=1S/C8H10N2/c1-3-4-5-8-6-9-10(2)7-8/h1,6-7H,4-5H2,2H3. The average Bonchev–Trinajstić information content (AvgIpc) is 2.31. The molecular weight excluding hydrogens is 124 g/mol. The van der Waals surface area contributed by atoms with Gasteiger partial charge in [-0.15, -0.1) is 12.3 Å². The van der Waals surface area contributed by atoms with Crippen LogP contribution in [0, 0.1) is 12.3 Å². The minimum atomic E-state index is 0.797. The predicted molar refractivity (Wildman–Crippen MR) is 40.4 cm³/mol. The molecule has 0 bridgehead atoms. The highest BCUT2D eigenvalue weighted by atomic mass is 15.2. The van der Waals surface area contributed by atoms with Gasteiger partial charge in [0, 0.05) is 19.7 Å². The van der Waals surface area contributed by atoms with E-state index in [0.717, 1.165) is 12.8 Å². The molecule has 10 heavy (non-hydrogen) atoms. The van der Waals surface area contributed by atoms with Crippen molar-refractivity contribution in [1.82, 2.24) is 9.78 Å². The van der Waals surface area contributed by atoms with Gasteiger partial charge in [0.1, 0.15) is 0 Å².